The summed E-state index contributed by atoms with van der Waals surface area (Å²) in [5.74, 6) is -2.28. The highest BCUT2D eigenvalue weighted by molar-refractivity contribution is 6.34. The Bertz CT molecular complexity index is 964. The third-order valence-corrected chi connectivity index (χ3v) is 10.7. The summed E-state index contributed by atoms with van der Waals surface area (Å²) in [6.45, 7) is 6.63. The van der Waals surface area contributed by atoms with Gasteiger partial charge in [-0.05, 0) is 62.7 Å². The van der Waals surface area contributed by atoms with Crippen molar-refractivity contribution in [1.82, 2.24) is 0 Å². The Morgan fingerprint density at radius 2 is 1.94 bits per heavy atom. The molecule has 32 heavy (non-hydrogen) atoms. The average molecular weight is 487 g/mol. The van der Waals surface area contributed by atoms with E-state index in [0.717, 1.165) is 0 Å². The third kappa shape index (κ3) is 2.46. The number of aliphatic hydroxyl groups is 1. The largest absolute Gasteiger partial charge is 0.388 e. The number of allylic oxidation sites excluding steroid dienone is 4. The second kappa shape index (κ2) is 6.66. The monoisotopic (exact) mass is 486 g/mol. The first kappa shape index (κ1) is 23.0. The van der Waals surface area contributed by atoms with E-state index in [9.17, 15) is 14.7 Å². The predicted molar refractivity (Wildman–Crippen MR) is 117 cm³/mol. The molecular weight excluding hydrogens is 458 g/mol. The maximum absolute atomic E-state index is 15.6. The number of carbonyl (C=O) groups excluding carboxylic acids is 2. The van der Waals surface area contributed by atoms with Crippen LogP contribution in [0.15, 0.2) is 23.8 Å². The molecule has 4 fully saturated rings. The van der Waals surface area contributed by atoms with Gasteiger partial charge in [0.05, 0.1) is 16.4 Å². The number of hydrogen-bond acceptors (Lipinski definition) is 5. The van der Waals surface area contributed by atoms with E-state index >= 15 is 4.39 Å². The Hall–Kier alpha value is -0.790. The lowest BCUT2D eigenvalue weighted by molar-refractivity contribution is -0.213. The Morgan fingerprint density at radius 3 is 2.59 bits per heavy atom. The number of Topliss-reactive ketones (excluding diaryl/α,β-unsaturated/α-hetero) is 1. The van der Waals surface area contributed by atoms with Gasteiger partial charge in [0.25, 0.3) is 0 Å². The minimum absolute atomic E-state index is 0.106. The Balaban J connectivity index is 1.66. The summed E-state index contributed by atoms with van der Waals surface area (Å²) >= 11 is 14.5. The highest BCUT2D eigenvalue weighted by Crippen LogP contribution is 2.73. The molecule has 1 N–H and O–H groups in total. The number of hydrogen-bond donors (Lipinski definition) is 1. The van der Waals surface area contributed by atoms with Crippen LogP contribution in [0.2, 0.25) is 0 Å². The normalized spacial score (nSPS) is 53.2. The topological polar surface area (TPSA) is 72.8 Å². The summed E-state index contributed by atoms with van der Waals surface area (Å²) in [7, 11) is 0. The van der Waals surface area contributed by atoms with Crippen LogP contribution in [0, 0.1) is 22.7 Å². The van der Waals surface area contributed by atoms with Crippen molar-refractivity contribution >= 4 is 34.8 Å². The Labute approximate surface area is 197 Å². The molecule has 4 unspecified atom stereocenters. The van der Waals surface area contributed by atoms with E-state index in [1.165, 1.54) is 12.2 Å². The summed E-state index contributed by atoms with van der Waals surface area (Å²) in [6, 6.07) is 0. The van der Waals surface area contributed by atoms with Crippen LogP contribution in [-0.4, -0.2) is 57.2 Å². The fraction of sp³-hybridized carbons (Fsp3) is 0.750. The molecule has 3 saturated carbocycles. The van der Waals surface area contributed by atoms with Crippen molar-refractivity contribution in [2.45, 2.75) is 80.9 Å². The minimum atomic E-state index is -1.37. The Morgan fingerprint density at radius 1 is 1.25 bits per heavy atom. The molecule has 5 aliphatic rings. The zero-order chi connectivity index (χ0) is 23.5. The molecule has 9 atom stereocenters. The molecule has 0 aromatic rings. The van der Waals surface area contributed by atoms with E-state index in [0.29, 0.717) is 18.4 Å². The first-order valence-electron chi connectivity index (χ1n) is 11.2. The van der Waals surface area contributed by atoms with E-state index in [2.05, 4.69) is 0 Å². The average Bonchev–Trinajstić information content (AvgIpc) is 3.11. The second-order valence-electron chi connectivity index (χ2n) is 11.0. The first-order valence-corrected chi connectivity index (χ1v) is 12.0. The van der Waals surface area contributed by atoms with Crippen molar-refractivity contribution in [2.75, 3.05) is 6.61 Å². The van der Waals surface area contributed by atoms with Gasteiger partial charge in [0.2, 0.25) is 0 Å². The van der Waals surface area contributed by atoms with Gasteiger partial charge in [-0.1, -0.05) is 19.9 Å². The molecular formula is C24H29Cl2FO5. The van der Waals surface area contributed by atoms with Crippen LogP contribution in [-0.2, 0) is 19.1 Å². The summed E-state index contributed by atoms with van der Waals surface area (Å²) in [4.78, 5) is 24.2. The number of aliphatic hydroxyl groups excluding tert-OH is 1. The summed E-state index contributed by atoms with van der Waals surface area (Å²) < 4.78 is 28.1. The Kier molecular flexibility index (Phi) is 4.78. The van der Waals surface area contributed by atoms with Crippen molar-refractivity contribution in [3.63, 3.8) is 0 Å². The molecule has 0 aromatic carbocycles. The standard InChI is InChI=1S/C24H29Cl2FO5/c1-20(2)31-19-9-13-14-8-16(27)15-7-12(29)5-6-21(15,3)23(14,26)17(25)10-22(13,4)24(19,32-20)18(30)11-28/h5-7,13-14,16-17,19,28H,8-11H2,1-4H3/t13-,14-,16?,17?,19?,21-,22-,23?,24+/m0/s1. The van der Waals surface area contributed by atoms with Crippen molar-refractivity contribution in [2.24, 2.45) is 22.7 Å². The number of ether oxygens (including phenoxy) is 2. The lowest BCUT2D eigenvalue weighted by Gasteiger charge is -2.64. The predicted octanol–water partition coefficient (Wildman–Crippen LogP) is 3.88. The lowest BCUT2D eigenvalue weighted by atomic mass is 9.46. The van der Waals surface area contributed by atoms with E-state index in [1.54, 1.807) is 19.9 Å². The van der Waals surface area contributed by atoms with Gasteiger partial charge < -0.3 is 14.6 Å². The van der Waals surface area contributed by atoms with Gasteiger partial charge in [-0.2, -0.15) is 0 Å². The summed E-state index contributed by atoms with van der Waals surface area (Å²) in [5.41, 5.74) is -2.74. The van der Waals surface area contributed by atoms with E-state index in [4.69, 9.17) is 32.7 Å². The third-order valence-electron chi connectivity index (χ3n) is 9.14. The SMILES string of the molecule is CC1(C)OC2C[C@H]3[C@@H]4CC(F)C5=CC(=O)C=C[C@]5(C)C4(Cl)C(Cl)C[C@]3(C)[C@]2(C(=O)CO)O1. The summed E-state index contributed by atoms with van der Waals surface area (Å²) in [5, 5.41) is 9.24. The molecule has 5 rings (SSSR count). The number of alkyl halides is 3. The molecule has 5 nitrogen and oxygen atoms in total. The summed E-state index contributed by atoms with van der Waals surface area (Å²) in [6.07, 6.45) is 3.47. The smallest absolute Gasteiger partial charge is 0.193 e. The highest BCUT2D eigenvalue weighted by atomic mass is 35.5. The molecule has 0 radical (unpaired) electrons. The zero-order valence-electron chi connectivity index (χ0n) is 18.7. The number of carbonyl (C=O) groups is 2. The minimum Gasteiger partial charge on any atom is -0.388 e. The number of rotatable bonds is 2. The van der Waals surface area contributed by atoms with Gasteiger partial charge in [0, 0.05) is 10.8 Å². The molecule has 0 bridgehead atoms. The lowest BCUT2D eigenvalue weighted by Crippen LogP contribution is -2.69. The molecule has 176 valence electrons. The number of halogens is 3. The van der Waals surface area contributed by atoms with Crippen molar-refractivity contribution in [1.29, 1.82) is 0 Å². The molecule has 0 aromatic heterocycles. The second-order valence-corrected chi connectivity index (χ2v) is 12.1. The van der Waals surface area contributed by atoms with Crippen LogP contribution in [0.5, 0.6) is 0 Å². The van der Waals surface area contributed by atoms with Crippen LogP contribution in [0.25, 0.3) is 0 Å². The van der Waals surface area contributed by atoms with Gasteiger partial charge in [0.1, 0.15) is 12.8 Å². The van der Waals surface area contributed by atoms with E-state index in [-0.39, 0.29) is 24.0 Å². The fourth-order valence-electron chi connectivity index (χ4n) is 7.85. The first-order chi connectivity index (χ1) is 14.8. The van der Waals surface area contributed by atoms with Crippen LogP contribution in [0.4, 0.5) is 4.39 Å². The maximum atomic E-state index is 15.6. The van der Waals surface area contributed by atoms with Gasteiger partial charge in [-0.3, -0.25) is 9.59 Å². The highest BCUT2D eigenvalue weighted by Gasteiger charge is 2.79. The molecule has 1 saturated heterocycles. The quantitative estimate of drug-likeness (QED) is 0.599. The van der Waals surface area contributed by atoms with Crippen LogP contribution >= 0.6 is 23.2 Å². The molecule has 1 heterocycles. The van der Waals surface area contributed by atoms with Gasteiger partial charge in [-0.15, -0.1) is 23.2 Å². The fourth-order valence-corrected chi connectivity index (χ4v) is 9.05. The van der Waals surface area contributed by atoms with Crippen molar-refractivity contribution in [3.8, 4) is 0 Å². The zero-order valence-corrected chi connectivity index (χ0v) is 20.2. The maximum Gasteiger partial charge on any atom is 0.193 e. The molecule has 0 amide bonds. The number of fused-ring (bicyclic) bond motifs is 7. The molecule has 0 spiro atoms. The van der Waals surface area contributed by atoms with E-state index < -0.39 is 57.1 Å². The van der Waals surface area contributed by atoms with Crippen molar-refractivity contribution in [3.05, 3.63) is 23.8 Å². The molecule has 8 heteroatoms. The van der Waals surface area contributed by atoms with Gasteiger partial charge in [-0.25, -0.2) is 4.39 Å². The molecule has 1 aliphatic heterocycles. The van der Waals surface area contributed by atoms with Gasteiger partial charge in [0.15, 0.2) is 23.0 Å². The van der Waals surface area contributed by atoms with E-state index in [1.807, 2.05) is 13.8 Å². The molecule has 4 aliphatic carbocycles. The van der Waals surface area contributed by atoms with Gasteiger partial charge >= 0.3 is 0 Å². The van der Waals surface area contributed by atoms with Crippen LogP contribution < -0.4 is 0 Å². The van der Waals surface area contributed by atoms with Crippen LogP contribution in [0.1, 0.15) is 47.0 Å². The number of ketones is 2. The van der Waals surface area contributed by atoms with Crippen molar-refractivity contribution < 1.29 is 28.6 Å². The van der Waals surface area contributed by atoms with Crippen LogP contribution in [0.3, 0.4) is 0 Å².